The Labute approximate surface area is 137 Å². The summed E-state index contributed by atoms with van der Waals surface area (Å²) < 4.78 is 55.7. The second-order valence-electron chi connectivity index (χ2n) is 5.42. The van der Waals surface area contributed by atoms with Crippen LogP contribution in [-0.2, 0) is 19.9 Å². The molecule has 1 saturated heterocycles. The van der Waals surface area contributed by atoms with Gasteiger partial charge < -0.3 is 9.64 Å². The Bertz CT molecular complexity index is 766. The van der Waals surface area contributed by atoms with Crippen molar-refractivity contribution < 1.29 is 21.6 Å². The standard InChI is InChI=1S/C14H22N2O5S2/c1-4-15-7-9-16(10-8-15)23(19,20)14-11-12(22(3,17)18)5-6-13(14)21-2/h5-6,11H,4,7-10H2,1-3H3. The highest BCUT2D eigenvalue weighted by Gasteiger charge is 2.31. The van der Waals surface area contributed by atoms with E-state index in [1.807, 2.05) is 6.92 Å². The molecule has 0 aromatic heterocycles. The number of piperazine rings is 1. The Morgan fingerprint density at radius 1 is 1.09 bits per heavy atom. The van der Waals surface area contributed by atoms with Gasteiger partial charge in [-0.15, -0.1) is 0 Å². The highest BCUT2D eigenvalue weighted by atomic mass is 32.2. The maximum atomic E-state index is 12.9. The van der Waals surface area contributed by atoms with Gasteiger partial charge in [-0.25, -0.2) is 16.8 Å². The van der Waals surface area contributed by atoms with Crippen LogP contribution in [0.4, 0.5) is 0 Å². The molecule has 0 radical (unpaired) electrons. The van der Waals surface area contributed by atoms with Gasteiger partial charge in [0.1, 0.15) is 10.6 Å². The third-order valence-electron chi connectivity index (χ3n) is 3.96. The average Bonchev–Trinajstić information content (AvgIpc) is 2.53. The number of likely N-dealkylation sites (N-methyl/N-ethyl adjacent to an activating group) is 1. The van der Waals surface area contributed by atoms with Gasteiger partial charge in [-0.3, -0.25) is 0 Å². The fourth-order valence-corrected chi connectivity index (χ4v) is 4.84. The molecule has 1 aliphatic rings. The lowest BCUT2D eigenvalue weighted by Gasteiger charge is -2.33. The van der Waals surface area contributed by atoms with Gasteiger partial charge in [0, 0.05) is 32.4 Å². The topological polar surface area (TPSA) is 84.0 Å². The SMILES string of the molecule is CCN1CCN(S(=O)(=O)c2cc(S(C)(=O)=O)ccc2OC)CC1. The fourth-order valence-electron chi connectivity index (χ4n) is 2.51. The Morgan fingerprint density at radius 2 is 1.70 bits per heavy atom. The van der Waals surface area contributed by atoms with Crippen molar-refractivity contribution in [3.63, 3.8) is 0 Å². The van der Waals surface area contributed by atoms with Gasteiger partial charge in [0.15, 0.2) is 9.84 Å². The zero-order valence-electron chi connectivity index (χ0n) is 13.5. The van der Waals surface area contributed by atoms with E-state index in [0.29, 0.717) is 26.2 Å². The molecule has 1 fully saturated rings. The van der Waals surface area contributed by atoms with Crippen LogP contribution in [0.25, 0.3) is 0 Å². The molecule has 0 bridgehead atoms. The zero-order chi connectivity index (χ0) is 17.3. The molecule has 1 aliphatic heterocycles. The number of hydrogen-bond acceptors (Lipinski definition) is 6. The first kappa shape index (κ1) is 18.2. The van der Waals surface area contributed by atoms with Crippen LogP contribution in [0.5, 0.6) is 5.75 Å². The van der Waals surface area contributed by atoms with Crippen LogP contribution in [0.2, 0.25) is 0 Å². The molecule has 0 atom stereocenters. The molecule has 23 heavy (non-hydrogen) atoms. The first-order valence-electron chi connectivity index (χ1n) is 7.30. The Kier molecular flexibility index (Phi) is 5.34. The van der Waals surface area contributed by atoms with Gasteiger partial charge in [0.05, 0.1) is 12.0 Å². The van der Waals surface area contributed by atoms with E-state index in [4.69, 9.17) is 4.74 Å². The van der Waals surface area contributed by atoms with E-state index in [-0.39, 0.29) is 15.5 Å². The van der Waals surface area contributed by atoms with Crippen LogP contribution in [0.15, 0.2) is 28.0 Å². The van der Waals surface area contributed by atoms with E-state index in [1.54, 1.807) is 0 Å². The maximum Gasteiger partial charge on any atom is 0.246 e. The molecule has 0 aliphatic carbocycles. The third-order valence-corrected chi connectivity index (χ3v) is 6.99. The highest BCUT2D eigenvalue weighted by Crippen LogP contribution is 2.29. The molecular formula is C14H22N2O5S2. The first-order valence-corrected chi connectivity index (χ1v) is 10.6. The summed E-state index contributed by atoms with van der Waals surface area (Å²) in [6, 6.07) is 3.91. The van der Waals surface area contributed by atoms with E-state index >= 15 is 0 Å². The summed E-state index contributed by atoms with van der Waals surface area (Å²) in [7, 11) is -5.94. The van der Waals surface area contributed by atoms with Gasteiger partial charge in [-0.1, -0.05) is 6.92 Å². The van der Waals surface area contributed by atoms with Gasteiger partial charge in [0.25, 0.3) is 0 Å². The summed E-state index contributed by atoms with van der Waals surface area (Å²) in [6.45, 7) is 4.97. The molecule has 1 heterocycles. The Balaban J connectivity index is 2.43. The number of nitrogens with zero attached hydrogens (tertiary/aromatic N) is 2. The lowest BCUT2D eigenvalue weighted by molar-refractivity contribution is 0.196. The normalized spacial score (nSPS) is 18.0. The number of sulfone groups is 1. The lowest BCUT2D eigenvalue weighted by atomic mass is 10.3. The molecule has 0 N–H and O–H groups in total. The molecule has 0 saturated carbocycles. The predicted molar refractivity (Wildman–Crippen MR) is 87.0 cm³/mol. The number of rotatable bonds is 5. The first-order chi connectivity index (χ1) is 10.7. The second-order valence-corrected chi connectivity index (χ2v) is 9.35. The molecule has 130 valence electrons. The minimum atomic E-state index is -3.80. The zero-order valence-corrected chi connectivity index (χ0v) is 15.2. The minimum Gasteiger partial charge on any atom is -0.495 e. The Hall–Kier alpha value is -1.16. The Morgan fingerprint density at radius 3 is 2.17 bits per heavy atom. The van der Waals surface area contributed by atoms with E-state index in [0.717, 1.165) is 12.8 Å². The van der Waals surface area contributed by atoms with Gasteiger partial charge in [-0.05, 0) is 24.7 Å². The quantitative estimate of drug-likeness (QED) is 0.755. The lowest BCUT2D eigenvalue weighted by Crippen LogP contribution is -2.48. The van der Waals surface area contributed by atoms with E-state index in [1.165, 1.54) is 29.6 Å². The molecule has 0 spiro atoms. The average molecular weight is 362 g/mol. The van der Waals surface area contributed by atoms with Crippen molar-refractivity contribution in [3.05, 3.63) is 18.2 Å². The fraction of sp³-hybridized carbons (Fsp3) is 0.571. The largest absolute Gasteiger partial charge is 0.495 e. The maximum absolute atomic E-state index is 12.9. The molecule has 1 aromatic carbocycles. The summed E-state index contributed by atoms with van der Waals surface area (Å²) >= 11 is 0. The second kappa shape index (κ2) is 6.76. The van der Waals surface area contributed by atoms with Crippen molar-refractivity contribution in [1.82, 2.24) is 9.21 Å². The monoisotopic (exact) mass is 362 g/mol. The van der Waals surface area contributed by atoms with Crippen LogP contribution in [0.1, 0.15) is 6.92 Å². The summed E-state index contributed by atoms with van der Waals surface area (Å²) in [5.74, 6) is 0.148. The van der Waals surface area contributed by atoms with Gasteiger partial charge in [0.2, 0.25) is 10.0 Å². The smallest absolute Gasteiger partial charge is 0.246 e. The van der Waals surface area contributed by atoms with Crippen molar-refractivity contribution in [2.45, 2.75) is 16.7 Å². The molecule has 1 aromatic rings. The van der Waals surface area contributed by atoms with Crippen molar-refractivity contribution in [2.24, 2.45) is 0 Å². The summed E-state index contributed by atoms with van der Waals surface area (Å²) in [6.07, 6.45) is 1.05. The molecule has 9 heteroatoms. The van der Waals surface area contributed by atoms with Crippen LogP contribution in [-0.4, -0.2) is 72.1 Å². The number of methoxy groups -OCH3 is 1. The van der Waals surface area contributed by atoms with Gasteiger partial charge in [-0.2, -0.15) is 4.31 Å². The molecule has 0 unspecified atom stereocenters. The van der Waals surface area contributed by atoms with E-state index in [9.17, 15) is 16.8 Å². The summed E-state index contributed by atoms with van der Waals surface area (Å²) in [5, 5.41) is 0. The van der Waals surface area contributed by atoms with E-state index in [2.05, 4.69) is 4.90 Å². The number of ether oxygens (including phenoxy) is 1. The number of sulfonamides is 1. The molecular weight excluding hydrogens is 340 g/mol. The summed E-state index contributed by atoms with van der Waals surface area (Å²) in [5.41, 5.74) is 0. The number of benzene rings is 1. The molecule has 2 rings (SSSR count). The van der Waals surface area contributed by atoms with Crippen LogP contribution in [0, 0.1) is 0 Å². The van der Waals surface area contributed by atoms with E-state index < -0.39 is 19.9 Å². The van der Waals surface area contributed by atoms with Crippen molar-refractivity contribution >= 4 is 19.9 Å². The third kappa shape index (κ3) is 3.85. The van der Waals surface area contributed by atoms with Crippen LogP contribution < -0.4 is 4.74 Å². The van der Waals surface area contributed by atoms with Crippen molar-refractivity contribution in [3.8, 4) is 5.75 Å². The highest BCUT2D eigenvalue weighted by molar-refractivity contribution is 7.91. The van der Waals surface area contributed by atoms with Crippen LogP contribution >= 0.6 is 0 Å². The number of hydrogen-bond donors (Lipinski definition) is 0. The van der Waals surface area contributed by atoms with Crippen LogP contribution in [0.3, 0.4) is 0 Å². The minimum absolute atomic E-state index is 0.0379. The molecule has 0 amide bonds. The van der Waals surface area contributed by atoms with Crippen molar-refractivity contribution in [1.29, 1.82) is 0 Å². The van der Waals surface area contributed by atoms with Gasteiger partial charge >= 0.3 is 0 Å². The predicted octanol–water partition coefficient (Wildman–Crippen LogP) is 0.425. The molecule has 7 nitrogen and oxygen atoms in total. The summed E-state index contributed by atoms with van der Waals surface area (Å²) in [4.78, 5) is 2.02. The van der Waals surface area contributed by atoms with Crippen molar-refractivity contribution in [2.75, 3.05) is 46.1 Å².